The number of hydrogen-bond acceptors (Lipinski definition) is 9. The molecule has 0 N–H and O–H groups in total. The van der Waals surface area contributed by atoms with E-state index in [9.17, 15) is 19.7 Å². The number of esters is 1. The first-order valence-corrected chi connectivity index (χ1v) is 12.8. The fourth-order valence-corrected chi connectivity index (χ4v) is 5.42. The van der Waals surface area contributed by atoms with Crippen molar-refractivity contribution in [2.24, 2.45) is 4.99 Å². The minimum Gasteiger partial charge on any atom is -0.479 e. The number of fused-ring (bicyclic) bond motifs is 1. The van der Waals surface area contributed by atoms with E-state index in [1.54, 1.807) is 25.1 Å². The van der Waals surface area contributed by atoms with Gasteiger partial charge in [-0.15, -0.1) is 0 Å². The minimum atomic E-state index is -0.701. The van der Waals surface area contributed by atoms with E-state index in [0.717, 1.165) is 5.56 Å². The van der Waals surface area contributed by atoms with E-state index in [1.807, 2.05) is 30.3 Å². The number of nitro groups is 1. The van der Waals surface area contributed by atoms with Gasteiger partial charge >= 0.3 is 11.7 Å². The van der Waals surface area contributed by atoms with Crippen molar-refractivity contribution in [1.29, 1.82) is 0 Å². The molecule has 10 nitrogen and oxygen atoms in total. The third kappa shape index (κ3) is 5.14. The quantitative estimate of drug-likeness (QED) is 0.187. The lowest BCUT2D eigenvalue weighted by molar-refractivity contribution is -0.385. The van der Waals surface area contributed by atoms with E-state index in [0.29, 0.717) is 26.6 Å². The minimum absolute atomic E-state index is 0.0494. The van der Waals surface area contributed by atoms with Gasteiger partial charge in [0, 0.05) is 17.2 Å². The van der Waals surface area contributed by atoms with Crippen molar-refractivity contribution in [2.75, 3.05) is 7.11 Å². The van der Waals surface area contributed by atoms with Crippen molar-refractivity contribution >= 4 is 40.7 Å². The molecule has 1 aliphatic rings. The first-order valence-electron chi connectivity index (χ1n) is 11.6. The molecule has 0 aliphatic carbocycles. The molecule has 0 spiro atoms. The molecule has 1 aliphatic heterocycles. The van der Waals surface area contributed by atoms with Crippen molar-refractivity contribution in [2.45, 2.75) is 19.6 Å². The fourth-order valence-electron chi connectivity index (χ4n) is 4.23. The Morgan fingerprint density at radius 2 is 2.00 bits per heavy atom. The number of benzene rings is 2. The van der Waals surface area contributed by atoms with Gasteiger partial charge in [0.1, 0.15) is 18.1 Å². The van der Waals surface area contributed by atoms with Crippen molar-refractivity contribution in [3.8, 4) is 5.75 Å². The van der Waals surface area contributed by atoms with Gasteiger partial charge < -0.3 is 13.9 Å². The molecule has 2 aromatic carbocycles. The Kier molecular flexibility index (Phi) is 7.18. The number of carbonyl (C=O) groups is 1. The van der Waals surface area contributed by atoms with E-state index >= 15 is 0 Å². The number of aromatic nitrogens is 1. The summed E-state index contributed by atoms with van der Waals surface area (Å²) < 4.78 is 18.2. The van der Waals surface area contributed by atoms with Gasteiger partial charge in [-0.05, 0) is 36.8 Å². The maximum absolute atomic E-state index is 13.6. The Labute approximate surface area is 229 Å². The zero-order valence-electron chi connectivity index (χ0n) is 20.6. The first kappa shape index (κ1) is 26.1. The highest BCUT2D eigenvalue weighted by molar-refractivity contribution is 7.07. The first-order chi connectivity index (χ1) is 18.8. The molecule has 0 bridgehead atoms. The maximum atomic E-state index is 13.6. The van der Waals surface area contributed by atoms with Crippen LogP contribution in [0.1, 0.15) is 30.0 Å². The van der Waals surface area contributed by atoms with Crippen LogP contribution in [0.15, 0.2) is 86.1 Å². The van der Waals surface area contributed by atoms with Gasteiger partial charge in [0.05, 0.1) is 33.9 Å². The summed E-state index contributed by atoms with van der Waals surface area (Å²) in [6.07, 6.45) is 1.58. The van der Waals surface area contributed by atoms with Crippen molar-refractivity contribution in [1.82, 2.24) is 4.57 Å². The van der Waals surface area contributed by atoms with E-state index in [1.165, 1.54) is 41.2 Å². The van der Waals surface area contributed by atoms with E-state index in [4.69, 9.17) is 25.5 Å². The zero-order chi connectivity index (χ0) is 27.7. The summed E-state index contributed by atoms with van der Waals surface area (Å²) in [6.45, 7) is 1.64. The lowest BCUT2D eigenvalue weighted by Gasteiger charge is -2.24. The molecule has 4 aromatic rings. The van der Waals surface area contributed by atoms with Crippen LogP contribution >= 0.6 is 22.9 Å². The number of halogens is 1. The van der Waals surface area contributed by atoms with Crippen LogP contribution in [0.5, 0.6) is 5.75 Å². The number of furan rings is 1. The van der Waals surface area contributed by atoms with Crippen LogP contribution in [0.3, 0.4) is 0 Å². The molecule has 0 saturated heterocycles. The van der Waals surface area contributed by atoms with Crippen LogP contribution in [0, 0.1) is 10.1 Å². The molecule has 2 aromatic heterocycles. The summed E-state index contributed by atoms with van der Waals surface area (Å²) in [5.41, 5.74) is 0.902. The van der Waals surface area contributed by atoms with Crippen molar-refractivity contribution in [3.05, 3.63) is 124 Å². The Bertz CT molecular complexity index is 1800. The number of nitro benzene ring substituents is 1. The number of nitrogens with zero attached hydrogens (tertiary/aromatic N) is 3. The summed E-state index contributed by atoms with van der Waals surface area (Å²) in [5.74, 6) is 0.262. The molecule has 1 unspecified atom stereocenters. The molecular weight excluding hydrogens is 546 g/mol. The van der Waals surface area contributed by atoms with Gasteiger partial charge in [-0.1, -0.05) is 53.3 Å². The van der Waals surface area contributed by atoms with Gasteiger partial charge in [-0.2, -0.15) is 0 Å². The van der Waals surface area contributed by atoms with Crippen LogP contribution in [-0.2, 0) is 16.1 Å². The number of methoxy groups -OCH3 is 1. The average Bonchev–Trinajstić information content (AvgIpc) is 3.50. The third-order valence-electron chi connectivity index (χ3n) is 5.99. The standard InChI is InChI=1S/C27H20ClN3O7S/c1-15-23(26(33)36-2)24(16-6-4-3-5-7-16)30-25(32)22(39-27(30)29-15)13-18-9-10-19(38-18)14-37-21-11-8-17(28)12-20(21)31(34)35/h3-13,24H,14H2,1-2H3. The topological polar surface area (TPSA) is 126 Å². The van der Waals surface area contributed by atoms with Crippen molar-refractivity contribution < 1.29 is 23.6 Å². The lowest BCUT2D eigenvalue weighted by atomic mass is 9.96. The summed E-state index contributed by atoms with van der Waals surface area (Å²) >= 11 is 7.02. The van der Waals surface area contributed by atoms with Gasteiger partial charge in [0.2, 0.25) is 0 Å². The highest BCUT2D eigenvalue weighted by atomic mass is 35.5. The molecule has 3 heterocycles. The Morgan fingerprint density at radius 1 is 1.23 bits per heavy atom. The number of carbonyl (C=O) groups excluding carboxylic acids is 1. The lowest BCUT2D eigenvalue weighted by Crippen LogP contribution is -2.39. The molecule has 198 valence electrons. The fraction of sp³-hybridized carbons (Fsp3) is 0.148. The van der Waals surface area contributed by atoms with Gasteiger partial charge in [0.25, 0.3) is 5.56 Å². The molecule has 1 atom stereocenters. The predicted molar refractivity (Wildman–Crippen MR) is 143 cm³/mol. The molecule has 12 heteroatoms. The van der Waals surface area contributed by atoms with Crippen LogP contribution < -0.4 is 19.6 Å². The third-order valence-corrected chi connectivity index (χ3v) is 7.20. The number of thiazole rings is 1. The highest BCUT2D eigenvalue weighted by Crippen LogP contribution is 2.31. The summed E-state index contributed by atoms with van der Waals surface area (Å²) in [4.78, 5) is 41.9. The van der Waals surface area contributed by atoms with Gasteiger partial charge in [0.15, 0.2) is 10.6 Å². The number of hydrogen-bond donors (Lipinski definition) is 0. The molecule has 5 rings (SSSR count). The second-order valence-electron chi connectivity index (χ2n) is 8.45. The number of rotatable bonds is 7. The average molecular weight is 566 g/mol. The van der Waals surface area contributed by atoms with Gasteiger partial charge in [-0.25, -0.2) is 9.79 Å². The molecule has 39 heavy (non-hydrogen) atoms. The largest absolute Gasteiger partial charge is 0.479 e. The van der Waals surface area contributed by atoms with Crippen LogP contribution in [-0.4, -0.2) is 22.6 Å². The molecular formula is C27H20ClN3O7S. The second-order valence-corrected chi connectivity index (χ2v) is 9.89. The van der Waals surface area contributed by atoms with Gasteiger partial charge in [-0.3, -0.25) is 19.5 Å². The summed E-state index contributed by atoms with van der Waals surface area (Å²) in [5, 5.41) is 11.5. The van der Waals surface area contributed by atoms with E-state index in [-0.39, 0.29) is 34.2 Å². The normalized spacial score (nSPS) is 15.1. The summed E-state index contributed by atoms with van der Waals surface area (Å²) in [7, 11) is 1.29. The molecule has 0 amide bonds. The smallest absolute Gasteiger partial charge is 0.338 e. The second kappa shape index (κ2) is 10.7. The Morgan fingerprint density at radius 3 is 2.72 bits per heavy atom. The van der Waals surface area contributed by atoms with E-state index < -0.39 is 16.9 Å². The van der Waals surface area contributed by atoms with E-state index in [2.05, 4.69) is 4.99 Å². The summed E-state index contributed by atoms with van der Waals surface area (Å²) in [6, 6.07) is 15.9. The van der Waals surface area contributed by atoms with Crippen LogP contribution in [0.4, 0.5) is 5.69 Å². The van der Waals surface area contributed by atoms with Crippen LogP contribution in [0.25, 0.3) is 6.08 Å². The highest BCUT2D eigenvalue weighted by Gasteiger charge is 2.33. The van der Waals surface area contributed by atoms with Crippen molar-refractivity contribution in [3.63, 3.8) is 0 Å². The molecule has 0 saturated carbocycles. The number of ether oxygens (including phenoxy) is 2. The molecule has 0 radical (unpaired) electrons. The Hall–Kier alpha value is -4.48. The number of allylic oxidation sites excluding steroid dienone is 1. The zero-order valence-corrected chi connectivity index (χ0v) is 22.2. The SMILES string of the molecule is COC(=O)C1=C(C)N=c2sc(=Cc3ccc(COc4ccc(Cl)cc4[N+](=O)[O-])o3)c(=O)n2C1c1ccccc1. The predicted octanol–water partition coefficient (Wildman–Crippen LogP) is 4.14. The Balaban J connectivity index is 1.48. The molecule has 0 fully saturated rings. The monoisotopic (exact) mass is 565 g/mol. The van der Waals surface area contributed by atoms with Crippen LogP contribution in [0.2, 0.25) is 5.02 Å². The maximum Gasteiger partial charge on any atom is 0.338 e.